The van der Waals surface area contributed by atoms with Crippen LogP contribution in [-0.4, -0.2) is 12.1 Å². The van der Waals surface area contributed by atoms with Gasteiger partial charge in [0.1, 0.15) is 5.75 Å². The zero-order valence-electron chi connectivity index (χ0n) is 8.88. The molecule has 2 nitrogen and oxygen atoms in total. The molecule has 0 atom stereocenters. The molecule has 0 aliphatic rings. The van der Waals surface area contributed by atoms with Gasteiger partial charge in [-0.3, -0.25) is 0 Å². The van der Waals surface area contributed by atoms with E-state index in [1.54, 1.807) is 18.2 Å². The highest BCUT2D eigenvalue weighted by Crippen LogP contribution is 2.36. The summed E-state index contributed by atoms with van der Waals surface area (Å²) < 4.78 is 18.3. The molecule has 1 heterocycles. The van der Waals surface area contributed by atoms with Gasteiger partial charge >= 0.3 is 0 Å². The van der Waals surface area contributed by atoms with Crippen LogP contribution in [0.2, 0.25) is 10.0 Å². The molecular formula is C12H8Cl2FNO. The molecule has 2 rings (SSSR count). The Labute approximate surface area is 108 Å². The van der Waals surface area contributed by atoms with Gasteiger partial charge in [0.25, 0.3) is 0 Å². The van der Waals surface area contributed by atoms with Gasteiger partial charge in [0, 0.05) is 27.2 Å². The maximum absolute atomic E-state index is 13.2. The van der Waals surface area contributed by atoms with Crippen LogP contribution in [0.5, 0.6) is 5.75 Å². The number of rotatable bonds is 2. The number of aromatic nitrogens is 1. The van der Waals surface area contributed by atoms with Gasteiger partial charge in [-0.1, -0.05) is 23.2 Å². The molecule has 0 saturated carbocycles. The number of nitrogens with zero attached hydrogens (tertiary/aromatic N) is 1. The molecule has 2 aromatic rings. The summed E-state index contributed by atoms with van der Waals surface area (Å²) in [6, 6.07) is 6.23. The van der Waals surface area contributed by atoms with E-state index in [0.717, 1.165) is 0 Å². The van der Waals surface area contributed by atoms with E-state index in [1.807, 2.05) is 0 Å². The van der Waals surface area contributed by atoms with E-state index in [2.05, 4.69) is 4.98 Å². The molecule has 0 spiro atoms. The third kappa shape index (κ3) is 2.51. The van der Waals surface area contributed by atoms with Gasteiger partial charge in [0.2, 0.25) is 5.95 Å². The average Bonchev–Trinajstić information content (AvgIpc) is 2.32. The van der Waals surface area contributed by atoms with Crippen LogP contribution < -0.4 is 4.74 Å². The van der Waals surface area contributed by atoms with E-state index in [9.17, 15) is 4.39 Å². The molecule has 1 aromatic heterocycles. The Kier molecular flexibility index (Phi) is 3.50. The Morgan fingerprint density at radius 2 is 1.94 bits per heavy atom. The Morgan fingerprint density at radius 1 is 1.18 bits per heavy atom. The van der Waals surface area contributed by atoms with Crippen molar-refractivity contribution in [3.05, 3.63) is 46.5 Å². The molecule has 0 N–H and O–H groups in total. The third-order valence-electron chi connectivity index (χ3n) is 2.27. The first-order valence-corrected chi connectivity index (χ1v) is 5.52. The third-order valence-corrected chi connectivity index (χ3v) is 2.84. The fraction of sp³-hybridized carbons (Fsp3) is 0.0833. The van der Waals surface area contributed by atoms with Crippen molar-refractivity contribution >= 4 is 23.2 Å². The van der Waals surface area contributed by atoms with Crippen molar-refractivity contribution in [1.82, 2.24) is 4.98 Å². The summed E-state index contributed by atoms with van der Waals surface area (Å²) in [5.41, 5.74) is 1.13. The largest absolute Gasteiger partial charge is 0.494 e. The molecule has 0 aliphatic heterocycles. The molecule has 0 fully saturated rings. The number of methoxy groups -OCH3 is 1. The fourth-order valence-electron chi connectivity index (χ4n) is 1.49. The van der Waals surface area contributed by atoms with Gasteiger partial charge in [0.05, 0.1) is 13.3 Å². The highest BCUT2D eigenvalue weighted by atomic mass is 35.5. The first-order valence-electron chi connectivity index (χ1n) is 4.77. The predicted octanol–water partition coefficient (Wildman–Crippen LogP) is 4.20. The van der Waals surface area contributed by atoms with Crippen LogP contribution >= 0.6 is 23.2 Å². The Balaban J connectivity index is 2.66. The van der Waals surface area contributed by atoms with E-state index in [-0.39, 0.29) is 0 Å². The van der Waals surface area contributed by atoms with Gasteiger partial charge in [-0.2, -0.15) is 4.39 Å². The number of ether oxygens (including phenoxy) is 1. The summed E-state index contributed by atoms with van der Waals surface area (Å²) in [5, 5.41) is 0.988. The van der Waals surface area contributed by atoms with Crippen molar-refractivity contribution in [2.75, 3.05) is 7.11 Å². The van der Waals surface area contributed by atoms with Crippen molar-refractivity contribution in [2.45, 2.75) is 0 Å². The summed E-state index contributed by atoms with van der Waals surface area (Å²) in [6.07, 6.45) is 1.31. The molecule has 0 saturated heterocycles. The van der Waals surface area contributed by atoms with Crippen LogP contribution in [0.4, 0.5) is 4.39 Å². The monoisotopic (exact) mass is 271 g/mol. The molecule has 0 aliphatic carbocycles. The lowest BCUT2D eigenvalue weighted by Crippen LogP contribution is -1.92. The second kappa shape index (κ2) is 4.90. The Bertz CT molecular complexity index is 560. The number of hydrogen-bond donors (Lipinski definition) is 0. The summed E-state index contributed by atoms with van der Waals surface area (Å²) in [6.45, 7) is 0. The lowest BCUT2D eigenvalue weighted by atomic mass is 10.1. The van der Waals surface area contributed by atoms with Crippen LogP contribution in [0.15, 0.2) is 30.5 Å². The molecule has 1 aromatic carbocycles. The predicted molar refractivity (Wildman–Crippen MR) is 66.2 cm³/mol. The number of hydrogen-bond acceptors (Lipinski definition) is 2. The number of halogens is 3. The minimum Gasteiger partial charge on any atom is -0.494 e. The van der Waals surface area contributed by atoms with Crippen molar-refractivity contribution in [2.24, 2.45) is 0 Å². The first kappa shape index (κ1) is 12.1. The van der Waals surface area contributed by atoms with E-state index in [1.165, 1.54) is 19.4 Å². The molecule has 0 bridgehead atoms. The number of pyridine rings is 1. The van der Waals surface area contributed by atoms with Crippen LogP contribution in [-0.2, 0) is 0 Å². The highest BCUT2D eigenvalue weighted by molar-refractivity contribution is 6.35. The summed E-state index contributed by atoms with van der Waals surface area (Å²) in [7, 11) is 1.48. The van der Waals surface area contributed by atoms with Crippen molar-refractivity contribution in [3.8, 4) is 16.9 Å². The van der Waals surface area contributed by atoms with Gasteiger partial charge in [-0.05, 0) is 18.2 Å². The number of benzene rings is 1. The van der Waals surface area contributed by atoms with E-state index in [4.69, 9.17) is 27.9 Å². The van der Waals surface area contributed by atoms with Gasteiger partial charge < -0.3 is 4.74 Å². The van der Waals surface area contributed by atoms with Crippen LogP contribution in [0.1, 0.15) is 0 Å². The van der Waals surface area contributed by atoms with Gasteiger partial charge in [-0.15, -0.1) is 0 Å². The van der Waals surface area contributed by atoms with Gasteiger partial charge in [0.15, 0.2) is 0 Å². The normalized spacial score (nSPS) is 10.4. The van der Waals surface area contributed by atoms with E-state index >= 15 is 0 Å². The zero-order valence-corrected chi connectivity index (χ0v) is 10.4. The van der Waals surface area contributed by atoms with E-state index in [0.29, 0.717) is 26.9 Å². The second-order valence-corrected chi connectivity index (χ2v) is 4.18. The SMILES string of the molecule is COc1cnc(F)cc1-c1cc(Cl)ccc1Cl. The smallest absolute Gasteiger partial charge is 0.213 e. The average molecular weight is 272 g/mol. The second-order valence-electron chi connectivity index (χ2n) is 3.33. The van der Waals surface area contributed by atoms with E-state index < -0.39 is 5.95 Å². The van der Waals surface area contributed by atoms with Crippen molar-refractivity contribution < 1.29 is 9.13 Å². The lowest BCUT2D eigenvalue weighted by Gasteiger charge is -2.10. The maximum atomic E-state index is 13.2. The molecule has 0 unspecified atom stereocenters. The van der Waals surface area contributed by atoms with Crippen molar-refractivity contribution in [1.29, 1.82) is 0 Å². The maximum Gasteiger partial charge on any atom is 0.213 e. The minimum atomic E-state index is -0.600. The van der Waals surface area contributed by atoms with Crippen molar-refractivity contribution in [3.63, 3.8) is 0 Å². The summed E-state index contributed by atoms with van der Waals surface area (Å²) >= 11 is 11.9. The molecule has 0 radical (unpaired) electrons. The Morgan fingerprint density at radius 3 is 2.65 bits per heavy atom. The fourth-order valence-corrected chi connectivity index (χ4v) is 1.89. The lowest BCUT2D eigenvalue weighted by molar-refractivity contribution is 0.412. The van der Waals surface area contributed by atoms with Crippen LogP contribution in [0.25, 0.3) is 11.1 Å². The highest BCUT2D eigenvalue weighted by Gasteiger charge is 2.12. The zero-order chi connectivity index (χ0) is 12.4. The molecule has 88 valence electrons. The molecule has 0 amide bonds. The molecule has 5 heteroatoms. The summed E-state index contributed by atoms with van der Waals surface area (Å²) in [4.78, 5) is 3.52. The molecular weight excluding hydrogens is 264 g/mol. The quantitative estimate of drug-likeness (QED) is 0.764. The van der Waals surface area contributed by atoms with Crippen LogP contribution in [0, 0.1) is 5.95 Å². The standard InChI is InChI=1S/C12H8Cl2FNO/c1-17-11-6-16-12(15)5-9(11)8-4-7(13)2-3-10(8)14/h2-6H,1H3. The minimum absolute atomic E-state index is 0.440. The topological polar surface area (TPSA) is 22.1 Å². The van der Waals surface area contributed by atoms with Crippen LogP contribution in [0.3, 0.4) is 0 Å². The molecule has 17 heavy (non-hydrogen) atoms. The first-order chi connectivity index (χ1) is 8.11. The Hall–Kier alpha value is -1.32. The summed E-state index contributed by atoms with van der Waals surface area (Å²) in [5.74, 6) is -0.160. The van der Waals surface area contributed by atoms with Gasteiger partial charge in [-0.25, -0.2) is 4.98 Å².